The summed E-state index contributed by atoms with van der Waals surface area (Å²) >= 11 is 5.91. The Bertz CT molecular complexity index is 810. The van der Waals surface area contributed by atoms with Crippen molar-refractivity contribution in [2.24, 2.45) is 0 Å². The number of hydrogen-bond donors (Lipinski definition) is 0. The second-order valence-electron chi connectivity index (χ2n) is 5.30. The zero-order valence-corrected chi connectivity index (χ0v) is 13.0. The molecule has 3 rings (SSSR count). The first kappa shape index (κ1) is 13.9. The lowest BCUT2D eigenvalue weighted by Gasteiger charge is -2.12. The fourth-order valence-electron chi connectivity index (χ4n) is 2.49. The normalized spacial score (nSPS) is 10.9. The standard InChI is InChI=1S/C18H16ClNO/c1-11-8-12(2)18-16(9-11)17(10-13(3)20-18)21-15-6-4-14(19)5-7-15/h4-10H,1-3H3. The van der Waals surface area contributed by atoms with Crippen molar-refractivity contribution in [3.8, 4) is 11.5 Å². The minimum Gasteiger partial charge on any atom is -0.457 e. The summed E-state index contributed by atoms with van der Waals surface area (Å²) in [4.78, 5) is 4.63. The molecule has 2 aromatic carbocycles. The van der Waals surface area contributed by atoms with Crippen molar-refractivity contribution in [2.45, 2.75) is 20.8 Å². The van der Waals surface area contributed by atoms with E-state index in [4.69, 9.17) is 16.3 Å². The molecule has 0 saturated heterocycles. The highest BCUT2D eigenvalue weighted by atomic mass is 35.5. The van der Waals surface area contributed by atoms with E-state index in [0.29, 0.717) is 5.02 Å². The van der Waals surface area contributed by atoms with E-state index >= 15 is 0 Å². The molecule has 0 fully saturated rings. The summed E-state index contributed by atoms with van der Waals surface area (Å²) in [6.07, 6.45) is 0. The number of nitrogens with zero attached hydrogens (tertiary/aromatic N) is 1. The molecule has 0 saturated carbocycles. The molecule has 3 aromatic rings. The minimum absolute atomic E-state index is 0.699. The van der Waals surface area contributed by atoms with Crippen molar-refractivity contribution in [1.29, 1.82) is 0 Å². The van der Waals surface area contributed by atoms with Crippen LogP contribution in [0.25, 0.3) is 10.9 Å². The van der Waals surface area contributed by atoms with E-state index in [1.165, 1.54) is 5.56 Å². The zero-order valence-electron chi connectivity index (χ0n) is 12.3. The van der Waals surface area contributed by atoms with Crippen LogP contribution in [-0.4, -0.2) is 4.98 Å². The van der Waals surface area contributed by atoms with Crippen molar-refractivity contribution in [2.75, 3.05) is 0 Å². The highest BCUT2D eigenvalue weighted by molar-refractivity contribution is 6.30. The number of hydrogen-bond acceptors (Lipinski definition) is 2. The molecule has 1 aromatic heterocycles. The van der Waals surface area contributed by atoms with Crippen LogP contribution in [0.5, 0.6) is 11.5 Å². The van der Waals surface area contributed by atoms with Crippen LogP contribution < -0.4 is 4.74 Å². The molecule has 0 spiro atoms. The summed E-state index contributed by atoms with van der Waals surface area (Å²) in [7, 11) is 0. The average Bonchev–Trinajstić information content (AvgIpc) is 2.43. The monoisotopic (exact) mass is 297 g/mol. The summed E-state index contributed by atoms with van der Waals surface area (Å²) < 4.78 is 6.04. The maximum absolute atomic E-state index is 6.04. The van der Waals surface area contributed by atoms with Crippen LogP contribution in [0, 0.1) is 20.8 Å². The fourth-order valence-corrected chi connectivity index (χ4v) is 2.61. The number of pyridine rings is 1. The molecule has 0 amide bonds. The summed E-state index contributed by atoms with van der Waals surface area (Å²) in [5.41, 5.74) is 4.30. The molecule has 106 valence electrons. The van der Waals surface area contributed by atoms with Gasteiger partial charge in [0.1, 0.15) is 11.5 Å². The highest BCUT2D eigenvalue weighted by Gasteiger charge is 2.09. The molecule has 0 radical (unpaired) electrons. The summed E-state index contributed by atoms with van der Waals surface area (Å²) in [6, 6.07) is 13.6. The molecule has 0 atom stereocenters. The Hall–Kier alpha value is -2.06. The van der Waals surface area contributed by atoms with Crippen LogP contribution in [0.1, 0.15) is 16.8 Å². The fraction of sp³-hybridized carbons (Fsp3) is 0.167. The number of aryl methyl sites for hydroxylation is 3. The number of ether oxygens (including phenoxy) is 1. The van der Waals surface area contributed by atoms with Gasteiger partial charge in [0.15, 0.2) is 0 Å². The Morgan fingerprint density at radius 2 is 1.67 bits per heavy atom. The first-order chi connectivity index (χ1) is 10.0. The van der Waals surface area contributed by atoms with Gasteiger partial charge in [-0.15, -0.1) is 0 Å². The zero-order chi connectivity index (χ0) is 15.0. The molecule has 0 aliphatic heterocycles. The summed E-state index contributed by atoms with van der Waals surface area (Å²) in [5.74, 6) is 1.59. The largest absolute Gasteiger partial charge is 0.457 e. The maximum Gasteiger partial charge on any atom is 0.138 e. The van der Waals surface area contributed by atoms with Gasteiger partial charge in [-0.1, -0.05) is 17.7 Å². The van der Waals surface area contributed by atoms with E-state index in [0.717, 1.165) is 33.7 Å². The Balaban J connectivity index is 2.15. The van der Waals surface area contributed by atoms with Crippen molar-refractivity contribution in [3.63, 3.8) is 0 Å². The molecule has 1 heterocycles. The molecular formula is C18H16ClNO. The van der Waals surface area contributed by atoms with Gasteiger partial charge in [-0.2, -0.15) is 0 Å². The summed E-state index contributed by atoms with van der Waals surface area (Å²) in [6.45, 7) is 6.14. The summed E-state index contributed by atoms with van der Waals surface area (Å²) in [5, 5.41) is 1.73. The molecule has 0 aliphatic carbocycles. The van der Waals surface area contributed by atoms with Gasteiger partial charge < -0.3 is 4.74 Å². The van der Waals surface area contributed by atoms with Gasteiger partial charge in [-0.05, 0) is 62.2 Å². The number of benzene rings is 2. The van der Waals surface area contributed by atoms with E-state index in [-0.39, 0.29) is 0 Å². The van der Waals surface area contributed by atoms with Crippen molar-refractivity contribution >= 4 is 22.5 Å². The topological polar surface area (TPSA) is 22.1 Å². The Labute approximate surface area is 129 Å². The second kappa shape index (κ2) is 5.38. The lowest BCUT2D eigenvalue weighted by atomic mass is 10.1. The van der Waals surface area contributed by atoms with E-state index in [1.54, 1.807) is 0 Å². The van der Waals surface area contributed by atoms with Crippen LogP contribution in [0.3, 0.4) is 0 Å². The van der Waals surface area contributed by atoms with Crippen LogP contribution in [0.4, 0.5) is 0 Å². The SMILES string of the molecule is Cc1cc(C)c2nc(C)cc(Oc3ccc(Cl)cc3)c2c1. The molecule has 0 bridgehead atoms. The lowest BCUT2D eigenvalue weighted by molar-refractivity contribution is 0.487. The smallest absolute Gasteiger partial charge is 0.138 e. The van der Waals surface area contributed by atoms with Gasteiger partial charge in [-0.25, -0.2) is 0 Å². The van der Waals surface area contributed by atoms with Gasteiger partial charge in [-0.3, -0.25) is 4.98 Å². The first-order valence-electron chi connectivity index (χ1n) is 6.85. The predicted molar refractivity (Wildman–Crippen MR) is 87.5 cm³/mol. The highest BCUT2D eigenvalue weighted by Crippen LogP contribution is 2.32. The molecule has 0 aliphatic rings. The minimum atomic E-state index is 0.699. The third-order valence-electron chi connectivity index (χ3n) is 3.38. The van der Waals surface area contributed by atoms with Crippen molar-refractivity contribution in [1.82, 2.24) is 4.98 Å². The van der Waals surface area contributed by atoms with Crippen molar-refractivity contribution in [3.05, 3.63) is 64.3 Å². The molecule has 3 heteroatoms. The predicted octanol–water partition coefficient (Wildman–Crippen LogP) is 5.61. The van der Waals surface area contributed by atoms with E-state index in [9.17, 15) is 0 Å². The Morgan fingerprint density at radius 3 is 2.38 bits per heavy atom. The maximum atomic E-state index is 6.04. The molecular weight excluding hydrogens is 282 g/mol. The van der Waals surface area contributed by atoms with E-state index in [2.05, 4.69) is 31.0 Å². The Morgan fingerprint density at radius 1 is 0.952 bits per heavy atom. The van der Waals surface area contributed by atoms with Gasteiger partial charge >= 0.3 is 0 Å². The number of aromatic nitrogens is 1. The Kier molecular flexibility index (Phi) is 3.56. The number of halogens is 1. The molecule has 0 N–H and O–H groups in total. The van der Waals surface area contributed by atoms with Crippen LogP contribution in [-0.2, 0) is 0 Å². The van der Waals surface area contributed by atoms with Crippen LogP contribution >= 0.6 is 11.6 Å². The third-order valence-corrected chi connectivity index (χ3v) is 3.63. The van der Waals surface area contributed by atoms with Gasteiger partial charge in [0.2, 0.25) is 0 Å². The van der Waals surface area contributed by atoms with E-state index in [1.807, 2.05) is 37.3 Å². The molecule has 21 heavy (non-hydrogen) atoms. The molecule has 2 nitrogen and oxygen atoms in total. The number of fused-ring (bicyclic) bond motifs is 1. The second-order valence-corrected chi connectivity index (χ2v) is 5.73. The van der Waals surface area contributed by atoms with Crippen molar-refractivity contribution < 1.29 is 4.74 Å². The van der Waals surface area contributed by atoms with Crippen LogP contribution in [0.15, 0.2) is 42.5 Å². The molecule has 0 unspecified atom stereocenters. The number of rotatable bonds is 2. The van der Waals surface area contributed by atoms with Gasteiger partial charge in [0, 0.05) is 22.2 Å². The van der Waals surface area contributed by atoms with Gasteiger partial charge in [0.25, 0.3) is 0 Å². The average molecular weight is 298 g/mol. The van der Waals surface area contributed by atoms with Crippen LogP contribution in [0.2, 0.25) is 5.02 Å². The van der Waals surface area contributed by atoms with E-state index < -0.39 is 0 Å². The lowest BCUT2D eigenvalue weighted by Crippen LogP contribution is -1.93. The first-order valence-corrected chi connectivity index (χ1v) is 7.23. The third kappa shape index (κ3) is 2.86. The van der Waals surface area contributed by atoms with Gasteiger partial charge in [0.05, 0.1) is 5.52 Å². The quantitative estimate of drug-likeness (QED) is 0.613.